The highest BCUT2D eigenvalue weighted by atomic mass is 16.5. The summed E-state index contributed by atoms with van der Waals surface area (Å²) in [6, 6.07) is 16.7. The lowest BCUT2D eigenvalue weighted by Crippen LogP contribution is -2.50. The van der Waals surface area contributed by atoms with Crippen LogP contribution in [-0.4, -0.2) is 18.2 Å². The fourth-order valence-corrected chi connectivity index (χ4v) is 5.11. The molecule has 1 amide bonds. The van der Waals surface area contributed by atoms with Crippen LogP contribution < -0.4 is 5.32 Å². The third kappa shape index (κ3) is 3.84. The van der Waals surface area contributed by atoms with E-state index in [0.29, 0.717) is 12.5 Å². The number of hydrogen-bond donors (Lipinski definition) is 1. The standard InChI is InChI=1S/C27H31NO2/c1-5-27(16-14-19(15-17-27)26(2,3)4)28-25(29)30-18-24-22-12-8-6-10-20(22)21-11-7-9-13-23(21)24/h1,6-13,19,24H,14-18H2,2-4H3,(H,28,29). The van der Waals surface area contributed by atoms with Crippen LogP contribution in [0.5, 0.6) is 0 Å². The summed E-state index contributed by atoms with van der Waals surface area (Å²) in [6.45, 7) is 7.14. The molecule has 1 saturated carbocycles. The Kier molecular flexibility index (Phi) is 5.36. The topological polar surface area (TPSA) is 38.3 Å². The van der Waals surface area contributed by atoms with Gasteiger partial charge in [-0.1, -0.05) is 75.2 Å². The van der Waals surface area contributed by atoms with E-state index in [1.165, 1.54) is 22.3 Å². The molecule has 3 heteroatoms. The monoisotopic (exact) mass is 401 g/mol. The summed E-state index contributed by atoms with van der Waals surface area (Å²) in [5.41, 5.74) is 4.55. The molecule has 1 N–H and O–H groups in total. The maximum Gasteiger partial charge on any atom is 0.408 e. The van der Waals surface area contributed by atoms with Gasteiger partial charge in [0.05, 0.1) is 0 Å². The molecule has 3 nitrogen and oxygen atoms in total. The lowest BCUT2D eigenvalue weighted by molar-refractivity contribution is 0.111. The van der Waals surface area contributed by atoms with Gasteiger partial charge >= 0.3 is 6.09 Å². The van der Waals surface area contributed by atoms with Gasteiger partial charge in [-0.15, -0.1) is 6.42 Å². The van der Waals surface area contributed by atoms with Crippen LogP contribution in [0.25, 0.3) is 11.1 Å². The fraction of sp³-hybridized carbons (Fsp3) is 0.444. The molecule has 0 bridgehead atoms. The number of carbonyl (C=O) groups excluding carboxylic acids is 1. The predicted molar refractivity (Wildman–Crippen MR) is 121 cm³/mol. The van der Waals surface area contributed by atoms with Gasteiger partial charge in [0, 0.05) is 5.92 Å². The summed E-state index contributed by atoms with van der Waals surface area (Å²) in [4.78, 5) is 12.7. The molecule has 0 aliphatic heterocycles. The third-order valence-corrected chi connectivity index (χ3v) is 7.03. The molecular formula is C27H31NO2. The number of terminal acetylenes is 1. The van der Waals surface area contributed by atoms with Crippen LogP contribution in [0.15, 0.2) is 48.5 Å². The molecule has 2 aromatic carbocycles. The zero-order valence-corrected chi connectivity index (χ0v) is 18.2. The Morgan fingerprint density at radius 1 is 1.07 bits per heavy atom. The first-order valence-corrected chi connectivity index (χ1v) is 10.9. The molecule has 0 radical (unpaired) electrons. The van der Waals surface area contributed by atoms with Crippen molar-refractivity contribution in [1.82, 2.24) is 5.32 Å². The largest absolute Gasteiger partial charge is 0.449 e. The molecule has 2 aliphatic carbocycles. The number of nitrogens with one attached hydrogen (secondary N) is 1. The first-order valence-electron chi connectivity index (χ1n) is 10.9. The average Bonchev–Trinajstić information content (AvgIpc) is 3.06. The van der Waals surface area contributed by atoms with Crippen LogP contribution in [0.4, 0.5) is 4.79 Å². The zero-order chi connectivity index (χ0) is 21.4. The minimum Gasteiger partial charge on any atom is -0.449 e. The zero-order valence-electron chi connectivity index (χ0n) is 18.2. The first kappa shape index (κ1) is 20.5. The molecule has 2 aromatic rings. The number of ether oxygens (including phenoxy) is 1. The van der Waals surface area contributed by atoms with Crippen LogP contribution in [0.2, 0.25) is 0 Å². The number of benzene rings is 2. The van der Waals surface area contributed by atoms with Crippen molar-refractivity contribution in [2.75, 3.05) is 6.61 Å². The van der Waals surface area contributed by atoms with Crippen LogP contribution in [-0.2, 0) is 4.74 Å². The maximum atomic E-state index is 12.7. The van der Waals surface area contributed by atoms with Crippen molar-refractivity contribution in [3.63, 3.8) is 0 Å². The lowest BCUT2D eigenvalue weighted by Gasteiger charge is -2.41. The van der Waals surface area contributed by atoms with Crippen molar-refractivity contribution in [2.24, 2.45) is 11.3 Å². The number of carbonyl (C=O) groups is 1. The minimum atomic E-state index is -0.593. The summed E-state index contributed by atoms with van der Waals surface area (Å²) < 4.78 is 5.72. The quantitative estimate of drug-likeness (QED) is 0.628. The Balaban J connectivity index is 1.41. The van der Waals surface area contributed by atoms with Gasteiger partial charge in [-0.25, -0.2) is 4.79 Å². The highest BCUT2D eigenvalue weighted by molar-refractivity contribution is 5.79. The third-order valence-electron chi connectivity index (χ3n) is 7.03. The highest BCUT2D eigenvalue weighted by Crippen LogP contribution is 2.45. The van der Waals surface area contributed by atoms with Gasteiger partial charge < -0.3 is 10.1 Å². The van der Waals surface area contributed by atoms with Gasteiger partial charge in [0.25, 0.3) is 0 Å². The average molecular weight is 402 g/mol. The van der Waals surface area contributed by atoms with Crippen molar-refractivity contribution in [3.05, 3.63) is 59.7 Å². The molecule has 0 spiro atoms. The Hall–Kier alpha value is -2.73. The van der Waals surface area contributed by atoms with Crippen LogP contribution in [0.3, 0.4) is 0 Å². The summed E-state index contributed by atoms with van der Waals surface area (Å²) in [5.74, 6) is 3.55. The molecule has 4 rings (SSSR count). The van der Waals surface area contributed by atoms with E-state index in [1.807, 2.05) is 12.1 Å². The lowest BCUT2D eigenvalue weighted by atomic mass is 9.67. The second kappa shape index (κ2) is 7.84. The van der Waals surface area contributed by atoms with E-state index in [9.17, 15) is 4.79 Å². The second-order valence-electron chi connectivity index (χ2n) is 9.82. The number of alkyl carbamates (subject to hydrolysis) is 1. The smallest absolute Gasteiger partial charge is 0.408 e. The van der Waals surface area contributed by atoms with E-state index in [-0.39, 0.29) is 11.3 Å². The SMILES string of the molecule is C#CC1(NC(=O)OCC2c3ccccc3-c3ccccc32)CCC(C(C)(C)C)CC1. The fourth-order valence-electron chi connectivity index (χ4n) is 5.11. The molecule has 0 atom stereocenters. The first-order chi connectivity index (χ1) is 14.3. The van der Waals surface area contributed by atoms with Gasteiger partial charge in [-0.2, -0.15) is 0 Å². The minimum absolute atomic E-state index is 0.0570. The van der Waals surface area contributed by atoms with E-state index >= 15 is 0 Å². The van der Waals surface area contributed by atoms with Crippen LogP contribution in [0, 0.1) is 23.7 Å². The molecule has 30 heavy (non-hydrogen) atoms. The predicted octanol–water partition coefficient (Wildman–Crippen LogP) is 6.13. The Labute approximate surface area is 180 Å². The van der Waals surface area contributed by atoms with Crippen molar-refractivity contribution >= 4 is 6.09 Å². The Morgan fingerprint density at radius 2 is 1.60 bits per heavy atom. The summed E-state index contributed by atoms with van der Waals surface area (Å²) >= 11 is 0. The molecule has 0 heterocycles. The number of hydrogen-bond acceptors (Lipinski definition) is 2. The maximum absolute atomic E-state index is 12.7. The summed E-state index contributed by atoms with van der Waals surface area (Å²) in [5, 5.41) is 3.03. The van der Waals surface area contributed by atoms with Crippen LogP contribution >= 0.6 is 0 Å². The van der Waals surface area contributed by atoms with Crippen molar-refractivity contribution in [2.45, 2.75) is 57.9 Å². The van der Waals surface area contributed by atoms with E-state index < -0.39 is 11.6 Å². The molecule has 156 valence electrons. The van der Waals surface area contributed by atoms with Crippen molar-refractivity contribution in [1.29, 1.82) is 0 Å². The molecule has 0 aromatic heterocycles. The highest BCUT2D eigenvalue weighted by Gasteiger charge is 2.39. The molecular weight excluding hydrogens is 370 g/mol. The van der Waals surface area contributed by atoms with Gasteiger partial charge in [0.2, 0.25) is 0 Å². The van der Waals surface area contributed by atoms with Gasteiger partial charge in [-0.3, -0.25) is 0 Å². The van der Waals surface area contributed by atoms with Gasteiger partial charge in [0.1, 0.15) is 12.1 Å². The van der Waals surface area contributed by atoms with Crippen molar-refractivity contribution < 1.29 is 9.53 Å². The summed E-state index contributed by atoms with van der Waals surface area (Å²) in [7, 11) is 0. The normalized spacial score (nSPS) is 23.2. The van der Waals surface area contributed by atoms with E-state index in [2.05, 4.69) is 68.4 Å². The van der Waals surface area contributed by atoms with E-state index in [1.54, 1.807) is 0 Å². The van der Waals surface area contributed by atoms with Gasteiger partial charge in [-0.05, 0) is 59.3 Å². The Bertz CT molecular complexity index is 925. The number of fused-ring (bicyclic) bond motifs is 3. The molecule has 2 aliphatic rings. The van der Waals surface area contributed by atoms with E-state index in [4.69, 9.17) is 11.2 Å². The number of amides is 1. The van der Waals surface area contributed by atoms with Crippen LogP contribution in [0.1, 0.15) is 63.5 Å². The second-order valence-corrected chi connectivity index (χ2v) is 9.82. The summed E-state index contributed by atoms with van der Waals surface area (Å²) in [6.07, 6.45) is 9.11. The number of rotatable bonds is 3. The Morgan fingerprint density at radius 3 is 2.10 bits per heavy atom. The molecule has 0 unspecified atom stereocenters. The molecule has 0 saturated heterocycles. The van der Waals surface area contributed by atoms with Gasteiger partial charge in [0.15, 0.2) is 0 Å². The molecule has 1 fully saturated rings. The van der Waals surface area contributed by atoms with Crippen molar-refractivity contribution in [3.8, 4) is 23.5 Å². The van der Waals surface area contributed by atoms with E-state index in [0.717, 1.165) is 25.7 Å².